The number of hydrogen-bond acceptors (Lipinski definition) is 4. The van der Waals surface area contributed by atoms with Crippen LogP contribution in [0.5, 0.6) is 0 Å². The summed E-state index contributed by atoms with van der Waals surface area (Å²) < 4.78 is 11.0. The molecule has 0 aromatic rings. The van der Waals surface area contributed by atoms with Crippen LogP contribution in [0.15, 0.2) is 24.3 Å². The van der Waals surface area contributed by atoms with Gasteiger partial charge in [-0.05, 0) is 20.3 Å². The molecule has 4 nitrogen and oxygen atoms in total. The molecule has 0 spiro atoms. The first-order chi connectivity index (χ1) is 8.79. The normalized spacial score (nSPS) is 46.1. The molecular weight excluding hydrogens is 244 g/mol. The lowest BCUT2D eigenvalue weighted by molar-refractivity contribution is -0.166. The molecule has 5 atom stereocenters. The lowest BCUT2D eigenvalue weighted by Gasteiger charge is -2.51. The minimum Gasteiger partial charge on any atom is -0.457 e. The Hall–Kier alpha value is -1.58. The second-order valence-corrected chi connectivity index (χ2v) is 6.32. The fourth-order valence-corrected chi connectivity index (χ4v) is 3.58. The molecule has 1 aliphatic heterocycles. The van der Waals surface area contributed by atoms with Gasteiger partial charge in [-0.1, -0.05) is 25.7 Å². The smallest absolute Gasteiger partial charge is 0.333 e. The van der Waals surface area contributed by atoms with Crippen molar-refractivity contribution in [3.05, 3.63) is 24.3 Å². The molecule has 0 aromatic carbocycles. The number of carbonyl (C=O) groups is 2. The molecule has 4 heteroatoms. The van der Waals surface area contributed by atoms with Crippen LogP contribution in [0.4, 0.5) is 0 Å². The van der Waals surface area contributed by atoms with Crippen molar-refractivity contribution in [2.45, 2.75) is 39.4 Å². The van der Waals surface area contributed by atoms with Crippen LogP contribution in [-0.2, 0) is 19.1 Å². The molecule has 4 bridgehead atoms. The van der Waals surface area contributed by atoms with Gasteiger partial charge < -0.3 is 9.47 Å². The molecule has 1 heterocycles. The number of carbonyl (C=O) groups excluding carboxylic acids is 2. The van der Waals surface area contributed by atoms with Crippen molar-refractivity contribution < 1.29 is 19.1 Å². The molecule has 102 valence electrons. The maximum atomic E-state index is 12.1. The third-order valence-electron chi connectivity index (χ3n) is 5.11. The summed E-state index contributed by atoms with van der Waals surface area (Å²) in [5.74, 6) is -0.547. The van der Waals surface area contributed by atoms with Gasteiger partial charge in [-0.2, -0.15) is 0 Å². The monoisotopic (exact) mass is 262 g/mol. The summed E-state index contributed by atoms with van der Waals surface area (Å²) in [7, 11) is 0. The second-order valence-electron chi connectivity index (χ2n) is 6.32. The maximum Gasteiger partial charge on any atom is 0.333 e. The maximum absolute atomic E-state index is 12.1. The van der Waals surface area contributed by atoms with Crippen molar-refractivity contribution >= 4 is 11.9 Å². The van der Waals surface area contributed by atoms with E-state index in [-0.39, 0.29) is 18.0 Å². The average Bonchev–Trinajstić information content (AvgIpc) is 2.47. The van der Waals surface area contributed by atoms with E-state index in [0.29, 0.717) is 12.0 Å². The SMILES string of the molecule is C=C(C)C(=O)OC1C2C=CC3(C)C1OC(=O)C3(C)C2. The molecule has 0 aromatic heterocycles. The van der Waals surface area contributed by atoms with E-state index >= 15 is 0 Å². The number of esters is 2. The Labute approximate surface area is 112 Å². The van der Waals surface area contributed by atoms with Crippen molar-refractivity contribution in [1.82, 2.24) is 0 Å². The van der Waals surface area contributed by atoms with Gasteiger partial charge in [-0.3, -0.25) is 4.79 Å². The van der Waals surface area contributed by atoms with E-state index in [4.69, 9.17) is 9.47 Å². The van der Waals surface area contributed by atoms with Gasteiger partial charge in [-0.15, -0.1) is 0 Å². The van der Waals surface area contributed by atoms with E-state index in [0.717, 1.165) is 0 Å². The van der Waals surface area contributed by atoms with E-state index < -0.39 is 22.9 Å². The first kappa shape index (κ1) is 12.5. The van der Waals surface area contributed by atoms with Gasteiger partial charge in [0, 0.05) is 16.9 Å². The van der Waals surface area contributed by atoms with Crippen molar-refractivity contribution in [2.75, 3.05) is 0 Å². The van der Waals surface area contributed by atoms with Crippen molar-refractivity contribution in [1.29, 1.82) is 0 Å². The summed E-state index contributed by atoms with van der Waals surface area (Å²) in [6.45, 7) is 9.16. The highest BCUT2D eigenvalue weighted by molar-refractivity contribution is 5.87. The third kappa shape index (κ3) is 1.34. The Bertz CT molecular complexity index is 520. The Balaban J connectivity index is 1.96. The second kappa shape index (κ2) is 3.50. The van der Waals surface area contributed by atoms with Gasteiger partial charge in [0.15, 0.2) is 0 Å². The van der Waals surface area contributed by atoms with E-state index in [1.54, 1.807) is 6.92 Å². The number of hydrogen-bond donors (Lipinski definition) is 0. The molecule has 2 fully saturated rings. The zero-order valence-corrected chi connectivity index (χ0v) is 11.4. The highest BCUT2D eigenvalue weighted by atomic mass is 16.6. The minimum absolute atomic E-state index is 0.0478. The topological polar surface area (TPSA) is 52.6 Å². The van der Waals surface area contributed by atoms with E-state index in [9.17, 15) is 9.59 Å². The first-order valence-electron chi connectivity index (χ1n) is 6.56. The first-order valence-corrected chi connectivity index (χ1v) is 6.56. The average molecular weight is 262 g/mol. The Morgan fingerprint density at radius 3 is 2.84 bits per heavy atom. The minimum atomic E-state index is -0.497. The van der Waals surface area contributed by atoms with Crippen LogP contribution in [0.2, 0.25) is 0 Å². The van der Waals surface area contributed by atoms with Gasteiger partial charge in [-0.25, -0.2) is 4.79 Å². The summed E-state index contributed by atoms with van der Waals surface area (Å²) >= 11 is 0. The Morgan fingerprint density at radius 1 is 1.53 bits per heavy atom. The van der Waals surface area contributed by atoms with Crippen LogP contribution in [-0.4, -0.2) is 24.1 Å². The molecule has 1 saturated carbocycles. The lowest BCUT2D eigenvalue weighted by atomic mass is 9.51. The molecule has 4 rings (SSSR count). The van der Waals surface area contributed by atoms with Gasteiger partial charge in [0.1, 0.15) is 12.2 Å². The fourth-order valence-electron chi connectivity index (χ4n) is 3.58. The predicted molar refractivity (Wildman–Crippen MR) is 68.0 cm³/mol. The van der Waals surface area contributed by atoms with Crippen LogP contribution in [0.3, 0.4) is 0 Å². The summed E-state index contributed by atoms with van der Waals surface area (Å²) in [6.07, 6.45) is 4.01. The Morgan fingerprint density at radius 2 is 2.21 bits per heavy atom. The molecule has 0 N–H and O–H groups in total. The van der Waals surface area contributed by atoms with Crippen molar-refractivity contribution in [3.63, 3.8) is 0 Å². The summed E-state index contributed by atoms with van der Waals surface area (Å²) in [5.41, 5.74) is -0.523. The zero-order chi connectivity index (χ0) is 14.0. The number of ether oxygens (including phenoxy) is 2. The third-order valence-corrected chi connectivity index (χ3v) is 5.11. The quantitative estimate of drug-likeness (QED) is 0.434. The summed E-state index contributed by atoms with van der Waals surface area (Å²) in [5, 5.41) is 0. The lowest BCUT2D eigenvalue weighted by Crippen LogP contribution is -2.57. The van der Waals surface area contributed by atoms with Crippen LogP contribution in [0.1, 0.15) is 27.2 Å². The molecule has 5 unspecified atom stereocenters. The van der Waals surface area contributed by atoms with Gasteiger partial charge in [0.25, 0.3) is 0 Å². The molecule has 0 amide bonds. The summed E-state index contributed by atoms with van der Waals surface area (Å²) in [6, 6.07) is 0. The van der Waals surface area contributed by atoms with Gasteiger partial charge in [0.2, 0.25) is 0 Å². The standard InChI is InChI=1S/C15H18O4/c1-8(2)12(16)18-10-9-5-6-14(3)11(10)19-13(17)15(14,4)7-9/h5-6,9-11H,1,7H2,2-4H3. The highest BCUT2D eigenvalue weighted by Gasteiger charge is 2.70. The predicted octanol–water partition coefficient (Wildman–Crippen LogP) is 2.00. The fraction of sp³-hybridized carbons (Fsp3) is 0.600. The molecule has 19 heavy (non-hydrogen) atoms. The van der Waals surface area contributed by atoms with Crippen LogP contribution < -0.4 is 0 Å². The zero-order valence-electron chi connectivity index (χ0n) is 11.4. The van der Waals surface area contributed by atoms with E-state index in [1.807, 2.05) is 13.8 Å². The molecule has 1 saturated heterocycles. The largest absolute Gasteiger partial charge is 0.457 e. The molecule has 4 aliphatic rings. The molecular formula is C15H18O4. The van der Waals surface area contributed by atoms with Crippen LogP contribution >= 0.6 is 0 Å². The number of rotatable bonds is 2. The van der Waals surface area contributed by atoms with E-state index in [1.165, 1.54) is 0 Å². The van der Waals surface area contributed by atoms with Crippen LogP contribution in [0.25, 0.3) is 0 Å². The molecule has 0 radical (unpaired) electrons. The highest BCUT2D eigenvalue weighted by Crippen LogP contribution is 2.63. The Kier molecular flexibility index (Phi) is 2.29. The summed E-state index contributed by atoms with van der Waals surface area (Å²) in [4.78, 5) is 23.9. The van der Waals surface area contributed by atoms with E-state index in [2.05, 4.69) is 18.7 Å². The van der Waals surface area contributed by atoms with Gasteiger partial charge in [0.05, 0.1) is 5.41 Å². The van der Waals surface area contributed by atoms with Crippen molar-refractivity contribution in [3.8, 4) is 0 Å². The molecule has 3 aliphatic carbocycles. The van der Waals surface area contributed by atoms with Gasteiger partial charge >= 0.3 is 11.9 Å². The van der Waals surface area contributed by atoms with Crippen LogP contribution in [0, 0.1) is 16.7 Å². The van der Waals surface area contributed by atoms with Crippen molar-refractivity contribution in [2.24, 2.45) is 16.7 Å².